The number of carbonyl (C=O) groups is 1. The van der Waals surface area contributed by atoms with Gasteiger partial charge in [0.05, 0.1) is 17.4 Å². The summed E-state index contributed by atoms with van der Waals surface area (Å²) >= 11 is 0. The molecule has 1 unspecified atom stereocenters. The number of nitrogens with one attached hydrogen (secondary N) is 1. The van der Waals surface area contributed by atoms with Gasteiger partial charge in [0.1, 0.15) is 5.69 Å². The quantitative estimate of drug-likeness (QED) is 0.877. The van der Waals surface area contributed by atoms with Gasteiger partial charge in [0, 0.05) is 5.69 Å². The number of carbonyl (C=O) groups excluding carboxylic acids is 1. The van der Waals surface area contributed by atoms with Crippen LogP contribution in [-0.2, 0) is 11.0 Å². The fourth-order valence-electron chi connectivity index (χ4n) is 2.32. The van der Waals surface area contributed by atoms with Gasteiger partial charge < -0.3 is 11.1 Å². The van der Waals surface area contributed by atoms with Gasteiger partial charge >= 0.3 is 6.18 Å². The second kappa shape index (κ2) is 6.64. The van der Waals surface area contributed by atoms with Gasteiger partial charge in [-0.1, -0.05) is 13.3 Å². The summed E-state index contributed by atoms with van der Waals surface area (Å²) < 4.78 is 39.5. The number of hydrogen-bond acceptors (Lipinski definition) is 3. The zero-order valence-electron chi connectivity index (χ0n) is 13.4. The first-order chi connectivity index (χ1) is 11.1. The Balaban J connectivity index is 2.18. The van der Waals surface area contributed by atoms with Crippen molar-refractivity contribution in [3.8, 4) is 5.69 Å². The number of nitrogens with zero attached hydrogens (tertiary/aromatic N) is 2. The SMILES string of the molecule is CCCC(C)(N)C(=O)Nc1ccc(-n2nccc2C(F)(F)F)cc1. The molecule has 2 rings (SSSR count). The molecule has 1 amide bonds. The first-order valence-electron chi connectivity index (χ1n) is 7.47. The molecule has 0 aliphatic heterocycles. The first-order valence-corrected chi connectivity index (χ1v) is 7.47. The minimum Gasteiger partial charge on any atom is -0.325 e. The van der Waals surface area contributed by atoms with Crippen LogP contribution in [0.2, 0.25) is 0 Å². The van der Waals surface area contributed by atoms with Gasteiger partial charge in [0.25, 0.3) is 0 Å². The maximum absolute atomic E-state index is 12.9. The third kappa shape index (κ3) is 3.94. The van der Waals surface area contributed by atoms with E-state index in [-0.39, 0.29) is 11.6 Å². The van der Waals surface area contributed by atoms with E-state index in [0.717, 1.165) is 23.4 Å². The molecule has 0 fully saturated rings. The molecule has 1 atom stereocenters. The van der Waals surface area contributed by atoms with Gasteiger partial charge in [-0.25, -0.2) is 4.68 Å². The second-order valence-corrected chi connectivity index (χ2v) is 5.79. The summed E-state index contributed by atoms with van der Waals surface area (Å²) in [5.74, 6) is -0.341. The number of rotatable bonds is 5. The van der Waals surface area contributed by atoms with E-state index in [1.807, 2.05) is 6.92 Å². The topological polar surface area (TPSA) is 72.9 Å². The predicted octanol–water partition coefficient (Wildman–Crippen LogP) is 3.35. The highest BCUT2D eigenvalue weighted by Crippen LogP contribution is 2.30. The van der Waals surface area contributed by atoms with Crippen molar-refractivity contribution in [3.05, 3.63) is 42.2 Å². The van der Waals surface area contributed by atoms with Crippen LogP contribution in [0.1, 0.15) is 32.4 Å². The van der Waals surface area contributed by atoms with Crippen molar-refractivity contribution >= 4 is 11.6 Å². The first kappa shape index (κ1) is 18.0. The van der Waals surface area contributed by atoms with Gasteiger partial charge in [-0.15, -0.1) is 0 Å². The van der Waals surface area contributed by atoms with Crippen LogP contribution in [-0.4, -0.2) is 21.2 Å². The van der Waals surface area contributed by atoms with Gasteiger partial charge in [-0.3, -0.25) is 4.79 Å². The number of benzene rings is 1. The zero-order chi connectivity index (χ0) is 18.0. The molecule has 0 radical (unpaired) electrons. The number of halogens is 3. The maximum Gasteiger partial charge on any atom is 0.433 e. The Bertz CT molecular complexity index is 705. The summed E-state index contributed by atoms with van der Waals surface area (Å²) in [5.41, 5.74) is 4.78. The lowest BCUT2D eigenvalue weighted by molar-refractivity contribution is -0.142. The van der Waals surface area contributed by atoms with Crippen LogP contribution in [0, 0.1) is 0 Å². The molecule has 24 heavy (non-hydrogen) atoms. The van der Waals surface area contributed by atoms with Crippen LogP contribution >= 0.6 is 0 Å². The molecule has 5 nitrogen and oxygen atoms in total. The Morgan fingerprint density at radius 1 is 1.25 bits per heavy atom. The molecule has 0 spiro atoms. The van der Waals surface area contributed by atoms with Crippen molar-refractivity contribution in [2.24, 2.45) is 5.73 Å². The lowest BCUT2D eigenvalue weighted by Gasteiger charge is -2.22. The molecule has 0 saturated carbocycles. The molecule has 0 aliphatic rings. The third-order valence-electron chi connectivity index (χ3n) is 3.59. The van der Waals surface area contributed by atoms with Crippen molar-refractivity contribution in [2.45, 2.75) is 38.4 Å². The Labute approximate surface area is 137 Å². The molecule has 2 aromatic rings. The number of hydrogen-bond donors (Lipinski definition) is 2. The van der Waals surface area contributed by atoms with Gasteiger partial charge in [0.2, 0.25) is 5.91 Å². The van der Waals surface area contributed by atoms with E-state index in [0.29, 0.717) is 12.1 Å². The second-order valence-electron chi connectivity index (χ2n) is 5.79. The molecule has 3 N–H and O–H groups in total. The van der Waals surface area contributed by atoms with Crippen LogP contribution in [0.4, 0.5) is 18.9 Å². The van der Waals surface area contributed by atoms with E-state index in [4.69, 9.17) is 5.73 Å². The van der Waals surface area contributed by atoms with E-state index in [2.05, 4.69) is 10.4 Å². The summed E-state index contributed by atoms with van der Waals surface area (Å²) in [6.07, 6.45) is -2.12. The van der Waals surface area contributed by atoms with Gasteiger partial charge in [-0.05, 0) is 43.7 Å². The summed E-state index contributed by atoms with van der Waals surface area (Å²) in [6, 6.07) is 6.82. The fraction of sp³-hybridized carbons (Fsp3) is 0.375. The summed E-state index contributed by atoms with van der Waals surface area (Å²) in [5, 5.41) is 6.36. The lowest BCUT2D eigenvalue weighted by atomic mass is 9.96. The third-order valence-corrected chi connectivity index (χ3v) is 3.59. The average molecular weight is 340 g/mol. The number of nitrogens with two attached hydrogens (primary N) is 1. The van der Waals surface area contributed by atoms with Crippen LogP contribution in [0.15, 0.2) is 36.5 Å². The molecule has 1 aromatic carbocycles. The number of amides is 1. The molecular formula is C16H19F3N4O. The van der Waals surface area contributed by atoms with Gasteiger partial charge in [0.15, 0.2) is 0 Å². The summed E-state index contributed by atoms with van der Waals surface area (Å²) in [6.45, 7) is 3.56. The van der Waals surface area contributed by atoms with E-state index in [9.17, 15) is 18.0 Å². The van der Waals surface area contributed by atoms with Crippen LogP contribution in [0.5, 0.6) is 0 Å². The molecule has 1 heterocycles. The lowest BCUT2D eigenvalue weighted by Crippen LogP contribution is -2.48. The Hall–Kier alpha value is -2.35. The highest BCUT2D eigenvalue weighted by Gasteiger charge is 2.35. The molecule has 0 saturated heterocycles. The Kier molecular flexibility index (Phi) is 4.98. The van der Waals surface area contributed by atoms with Crippen molar-refractivity contribution in [1.29, 1.82) is 0 Å². The molecule has 1 aromatic heterocycles. The average Bonchev–Trinajstić information content (AvgIpc) is 2.97. The standard InChI is InChI=1S/C16H19F3N4O/c1-3-9-15(2,20)14(24)22-11-4-6-12(7-5-11)23-13(8-10-21-23)16(17,18)19/h4-8,10H,3,9,20H2,1-2H3,(H,22,24). The van der Waals surface area contributed by atoms with E-state index in [1.165, 1.54) is 24.3 Å². The smallest absolute Gasteiger partial charge is 0.325 e. The number of alkyl halides is 3. The molecule has 0 aliphatic carbocycles. The van der Waals surface area contributed by atoms with Crippen molar-refractivity contribution in [2.75, 3.05) is 5.32 Å². The summed E-state index contributed by atoms with van der Waals surface area (Å²) in [7, 11) is 0. The van der Waals surface area contributed by atoms with Crippen LogP contribution in [0.3, 0.4) is 0 Å². The maximum atomic E-state index is 12.9. The van der Waals surface area contributed by atoms with E-state index < -0.39 is 17.4 Å². The number of anilines is 1. The predicted molar refractivity (Wildman–Crippen MR) is 84.7 cm³/mol. The van der Waals surface area contributed by atoms with Crippen molar-refractivity contribution in [3.63, 3.8) is 0 Å². The number of aromatic nitrogens is 2. The van der Waals surface area contributed by atoms with Crippen LogP contribution in [0.25, 0.3) is 5.69 Å². The van der Waals surface area contributed by atoms with E-state index >= 15 is 0 Å². The molecule has 130 valence electrons. The fourth-order valence-corrected chi connectivity index (χ4v) is 2.32. The minimum atomic E-state index is -4.50. The zero-order valence-corrected chi connectivity index (χ0v) is 13.4. The summed E-state index contributed by atoms with van der Waals surface area (Å²) in [4.78, 5) is 12.1. The normalized spacial score (nSPS) is 14.2. The molecular weight excluding hydrogens is 321 g/mol. The van der Waals surface area contributed by atoms with E-state index in [1.54, 1.807) is 6.92 Å². The largest absolute Gasteiger partial charge is 0.433 e. The monoisotopic (exact) mass is 340 g/mol. The molecule has 8 heteroatoms. The van der Waals surface area contributed by atoms with Crippen molar-refractivity contribution in [1.82, 2.24) is 9.78 Å². The van der Waals surface area contributed by atoms with Crippen LogP contribution < -0.4 is 11.1 Å². The molecule has 0 bridgehead atoms. The Morgan fingerprint density at radius 2 is 1.88 bits per heavy atom. The van der Waals surface area contributed by atoms with Crippen molar-refractivity contribution < 1.29 is 18.0 Å². The Morgan fingerprint density at radius 3 is 2.42 bits per heavy atom. The minimum absolute atomic E-state index is 0.245. The highest BCUT2D eigenvalue weighted by molar-refractivity contribution is 5.97. The van der Waals surface area contributed by atoms with Gasteiger partial charge in [-0.2, -0.15) is 18.3 Å². The highest BCUT2D eigenvalue weighted by atomic mass is 19.4.